The van der Waals surface area contributed by atoms with Crippen molar-refractivity contribution in [2.75, 3.05) is 19.6 Å². The molecule has 0 amide bonds. The Morgan fingerprint density at radius 2 is 2.11 bits per heavy atom. The highest BCUT2D eigenvalue weighted by molar-refractivity contribution is 7.11. The van der Waals surface area contributed by atoms with Crippen molar-refractivity contribution in [1.29, 1.82) is 0 Å². The Labute approximate surface area is 114 Å². The predicted molar refractivity (Wildman–Crippen MR) is 78.1 cm³/mol. The maximum atomic E-state index is 3.64. The van der Waals surface area contributed by atoms with Crippen molar-refractivity contribution in [3.8, 4) is 0 Å². The van der Waals surface area contributed by atoms with Crippen LogP contribution in [0.3, 0.4) is 0 Å². The van der Waals surface area contributed by atoms with Crippen molar-refractivity contribution in [2.24, 2.45) is 5.92 Å². The molecule has 0 radical (unpaired) electrons. The molecule has 3 heteroatoms. The van der Waals surface area contributed by atoms with E-state index in [0.717, 1.165) is 18.5 Å². The second-order valence-corrected chi connectivity index (χ2v) is 6.99. The molecule has 1 aliphatic carbocycles. The molecule has 3 rings (SSSR count). The van der Waals surface area contributed by atoms with Gasteiger partial charge in [0.15, 0.2) is 0 Å². The summed E-state index contributed by atoms with van der Waals surface area (Å²) in [5.41, 5.74) is 0. The fraction of sp³-hybridized carbons (Fsp3) is 0.733. The highest BCUT2D eigenvalue weighted by Gasteiger charge is 2.33. The van der Waals surface area contributed by atoms with E-state index in [1.165, 1.54) is 55.1 Å². The van der Waals surface area contributed by atoms with Crippen LogP contribution in [0.2, 0.25) is 0 Å². The van der Waals surface area contributed by atoms with Crippen molar-refractivity contribution in [1.82, 2.24) is 10.2 Å². The Balaban J connectivity index is 1.37. The van der Waals surface area contributed by atoms with E-state index < -0.39 is 0 Å². The third-order valence-corrected chi connectivity index (χ3v) is 5.41. The number of hydrogen-bond acceptors (Lipinski definition) is 3. The van der Waals surface area contributed by atoms with Gasteiger partial charge in [-0.05, 0) is 56.8 Å². The van der Waals surface area contributed by atoms with Gasteiger partial charge in [-0.25, -0.2) is 0 Å². The van der Waals surface area contributed by atoms with Crippen LogP contribution in [0.4, 0.5) is 0 Å². The summed E-state index contributed by atoms with van der Waals surface area (Å²) in [7, 11) is 0. The van der Waals surface area contributed by atoms with Crippen LogP contribution >= 0.6 is 11.3 Å². The van der Waals surface area contributed by atoms with Crippen molar-refractivity contribution < 1.29 is 0 Å². The quantitative estimate of drug-likeness (QED) is 0.850. The van der Waals surface area contributed by atoms with Gasteiger partial charge in [0.25, 0.3) is 0 Å². The lowest BCUT2D eigenvalue weighted by molar-refractivity contribution is 0.312. The lowest BCUT2D eigenvalue weighted by Crippen LogP contribution is -2.27. The second kappa shape index (κ2) is 5.72. The van der Waals surface area contributed by atoms with Crippen LogP contribution in [0.5, 0.6) is 0 Å². The van der Waals surface area contributed by atoms with E-state index in [1.54, 1.807) is 0 Å². The molecule has 1 saturated carbocycles. The summed E-state index contributed by atoms with van der Waals surface area (Å²) in [5.74, 6) is 0.885. The standard InChI is InChI=1S/C15H24N2S/c1-2-14-5-6-15(18-14)10-16-9-12-7-8-17(11-12)13-3-4-13/h5-6,12-13,16H,2-4,7-11H2,1H3. The highest BCUT2D eigenvalue weighted by atomic mass is 32.1. The maximum absolute atomic E-state index is 3.64. The molecule has 0 spiro atoms. The fourth-order valence-corrected chi connectivity index (χ4v) is 3.83. The predicted octanol–water partition coefficient (Wildman–Crippen LogP) is 2.88. The Bertz CT molecular complexity index is 384. The molecule has 1 saturated heterocycles. The molecule has 0 bridgehead atoms. The van der Waals surface area contributed by atoms with Gasteiger partial charge >= 0.3 is 0 Å². The molecule has 2 fully saturated rings. The number of hydrogen-bond donors (Lipinski definition) is 1. The topological polar surface area (TPSA) is 15.3 Å². The zero-order valence-electron chi connectivity index (χ0n) is 11.3. The number of rotatable bonds is 6. The number of likely N-dealkylation sites (tertiary alicyclic amines) is 1. The molecule has 1 atom stereocenters. The van der Waals surface area contributed by atoms with Gasteiger partial charge < -0.3 is 10.2 Å². The lowest BCUT2D eigenvalue weighted by Gasteiger charge is -2.14. The van der Waals surface area contributed by atoms with E-state index >= 15 is 0 Å². The number of nitrogens with zero attached hydrogens (tertiary/aromatic N) is 1. The number of thiophene rings is 1. The van der Waals surface area contributed by atoms with Gasteiger partial charge in [0.1, 0.15) is 0 Å². The van der Waals surface area contributed by atoms with E-state index in [4.69, 9.17) is 0 Å². The van der Waals surface area contributed by atoms with Gasteiger partial charge in [0.05, 0.1) is 0 Å². The largest absolute Gasteiger partial charge is 0.312 e. The van der Waals surface area contributed by atoms with Crippen LogP contribution in [0.15, 0.2) is 12.1 Å². The smallest absolute Gasteiger partial charge is 0.0299 e. The molecule has 2 heterocycles. The summed E-state index contributed by atoms with van der Waals surface area (Å²) < 4.78 is 0. The molecule has 100 valence electrons. The normalized spacial score (nSPS) is 24.8. The van der Waals surface area contributed by atoms with Gasteiger partial charge in [-0.2, -0.15) is 0 Å². The summed E-state index contributed by atoms with van der Waals surface area (Å²) in [5, 5.41) is 3.64. The van der Waals surface area contributed by atoms with Crippen molar-refractivity contribution in [3.05, 3.63) is 21.9 Å². The summed E-state index contributed by atoms with van der Waals surface area (Å²) in [6, 6.07) is 5.51. The number of aryl methyl sites for hydroxylation is 1. The van der Waals surface area contributed by atoms with Crippen molar-refractivity contribution in [2.45, 2.75) is 45.2 Å². The van der Waals surface area contributed by atoms with Crippen LogP contribution in [0, 0.1) is 5.92 Å². The van der Waals surface area contributed by atoms with Gasteiger partial charge in [-0.1, -0.05) is 6.92 Å². The van der Waals surface area contributed by atoms with Crippen molar-refractivity contribution in [3.63, 3.8) is 0 Å². The SMILES string of the molecule is CCc1ccc(CNCC2CCN(C3CC3)C2)s1. The molecule has 0 aromatic carbocycles. The fourth-order valence-electron chi connectivity index (χ4n) is 2.91. The molecule has 2 aliphatic rings. The molecule has 2 nitrogen and oxygen atoms in total. The Hall–Kier alpha value is -0.380. The van der Waals surface area contributed by atoms with Gasteiger partial charge in [0.2, 0.25) is 0 Å². The van der Waals surface area contributed by atoms with E-state index in [9.17, 15) is 0 Å². The van der Waals surface area contributed by atoms with E-state index in [1.807, 2.05) is 11.3 Å². The summed E-state index contributed by atoms with van der Waals surface area (Å²) in [6.07, 6.45) is 5.47. The first kappa shape index (κ1) is 12.6. The van der Waals surface area contributed by atoms with Crippen LogP contribution in [-0.4, -0.2) is 30.6 Å². The van der Waals surface area contributed by atoms with Crippen LogP contribution < -0.4 is 5.32 Å². The maximum Gasteiger partial charge on any atom is 0.0299 e. The zero-order valence-corrected chi connectivity index (χ0v) is 12.1. The third kappa shape index (κ3) is 3.14. The van der Waals surface area contributed by atoms with Crippen LogP contribution in [0.25, 0.3) is 0 Å². The molecule has 1 unspecified atom stereocenters. The summed E-state index contributed by atoms with van der Waals surface area (Å²) >= 11 is 1.96. The van der Waals surface area contributed by atoms with E-state index in [2.05, 4.69) is 29.3 Å². The molecule has 18 heavy (non-hydrogen) atoms. The van der Waals surface area contributed by atoms with Crippen LogP contribution in [-0.2, 0) is 13.0 Å². The molecular formula is C15H24N2S. The third-order valence-electron chi connectivity index (χ3n) is 4.18. The Kier molecular flexibility index (Phi) is 4.02. The average molecular weight is 264 g/mol. The Morgan fingerprint density at radius 3 is 2.83 bits per heavy atom. The first-order valence-electron chi connectivity index (χ1n) is 7.37. The molecule has 1 aromatic heterocycles. The van der Waals surface area contributed by atoms with Crippen molar-refractivity contribution >= 4 is 11.3 Å². The minimum atomic E-state index is 0.885. The molecular weight excluding hydrogens is 240 g/mol. The number of nitrogens with one attached hydrogen (secondary N) is 1. The van der Waals surface area contributed by atoms with Gasteiger partial charge in [-0.15, -0.1) is 11.3 Å². The lowest BCUT2D eigenvalue weighted by atomic mass is 10.1. The average Bonchev–Trinajstić information content (AvgIpc) is 2.96. The Morgan fingerprint density at radius 1 is 1.28 bits per heavy atom. The summed E-state index contributed by atoms with van der Waals surface area (Å²) in [6.45, 7) is 7.17. The summed E-state index contributed by atoms with van der Waals surface area (Å²) in [4.78, 5) is 5.70. The zero-order chi connectivity index (χ0) is 12.4. The minimum absolute atomic E-state index is 0.885. The molecule has 1 aliphatic heterocycles. The highest BCUT2D eigenvalue weighted by Crippen LogP contribution is 2.31. The first-order chi connectivity index (χ1) is 8.85. The van der Waals surface area contributed by atoms with E-state index in [0.29, 0.717) is 0 Å². The van der Waals surface area contributed by atoms with Crippen LogP contribution in [0.1, 0.15) is 35.9 Å². The van der Waals surface area contributed by atoms with Gasteiger partial charge in [0, 0.05) is 28.9 Å². The first-order valence-corrected chi connectivity index (χ1v) is 8.19. The monoisotopic (exact) mass is 264 g/mol. The second-order valence-electron chi connectivity index (χ2n) is 5.73. The van der Waals surface area contributed by atoms with Gasteiger partial charge in [-0.3, -0.25) is 0 Å². The molecule has 1 aromatic rings. The minimum Gasteiger partial charge on any atom is -0.312 e. The molecule has 1 N–H and O–H groups in total. The van der Waals surface area contributed by atoms with E-state index in [-0.39, 0.29) is 0 Å².